The normalized spacial score (nSPS) is 17.8. The van der Waals surface area contributed by atoms with Crippen molar-refractivity contribution in [2.45, 2.75) is 12.5 Å². The first-order valence-electron chi connectivity index (χ1n) is 3.35. The van der Waals surface area contributed by atoms with Crippen LogP contribution in [-0.4, -0.2) is 30.8 Å². The van der Waals surface area contributed by atoms with Crippen LogP contribution in [0.25, 0.3) is 4.85 Å². The Kier molecular flexibility index (Phi) is 4.36. The number of hydrogen-bond donors (Lipinski definition) is 2. The summed E-state index contributed by atoms with van der Waals surface area (Å²) in [6.07, 6.45) is 0.693. The maximum absolute atomic E-state index is 10.8. The van der Waals surface area contributed by atoms with Crippen molar-refractivity contribution < 1.29 is 9.46 Å². The first-order chi connectivity index (χ1) is 4.95. The molecular weight excluding hydrogens is 163 g/mol. The van der Waals surface area contributed by atoms with Gasteiger partial charge >= 0.3 is 0 Å². The van der Waals surface area contributed by atoms with Gasteiger partial charge in [0.15, 0.2) is 7.37 Å². The monoisotopic (exact) mass is 177 g/mol. The van der Waals surface area contributed by atoms with Gasteiger partial charge in [-0.05, 0) is 6.42 Å². The van der Waals surface area contributed by atoms with Crippen molar-refractivity contribution >= 4 is 7.37 Å². The molecule has 4 nitrogen and oxygen atoms in total. The summed E-state index contributed by atoms with van der Waals surface area (Å²) in [6.45, 7) is 1.32. The summed E-state index contributed by atoms with van der Waals surface area (Å²) in [5, 5.41) is 0. The molecule has 5 heteroatoms. The van der Waals surface area contributed by atoms with E-state index in [1.54, 1.807) is 7.05 Å². The molecular formula is C6H14N2O2P+. The van der Waals surface area contributed by atoms with E-state index >= 15 is 0 Å². The van der Waals surface area contributed by atoms with Crippen LogP contribution in [0.1, 0.15) is 6.42 Å². The highest BCUT2D eigenvalue weighted by Gasteiger charge is 2.13. The number of nitrogens with two attached hydrogens (primary N) is 1. The Morgan fingerprint density at radius 1 is 1.82 bits per heavy atom. The summed E-state index contributed by atoms with van der Waals surface area (Å²) < 4.78 is 10.8. The van der Waals surface area contributed by atoms with Crippen molar-refractivity contribution in [3.63, 3.8) is 0 Å². The zero-order valence-corrected chi connectivity index (χ0v) is 7.71. The Bertz CT molecular complexity index is 212. The minimum atomic E-state index is -2.90. The Hall–Kier alpha value is -0.360. The van der Waals surface area contributed by atoms with Crippen LogP contribution in [0, 0.1) is 6.07 Å². The molecule has 0 aromatic carbocycles. The fraction of sp³-hybridized carbons (Fsp3) is 0.833. The molecule has 0 aliphatic heterocycles. The quantitative estimate of drug-likeness (QED) is 0.619. The smallest absolute Gasteiger partial charge is 0.291 e. The maximum Gasteiger partial charge on any atom is 0.291 e. The van der Waals surface area contributed by atoms with Crippen molar-refractivity contribution in [2.75, 3.05) is 19.9 Å². The van der Waals surface area contributed by atoms with Crippen LogP contribution in [0.4, 0.5) is 0 Å². The summed E-state index contributed by atoms with van der Waals surface area (Å²) in [4.78, 5) is 12.5. The molecule has 0 spiro atoms. The molecule has 0 radical (unpaired) electrons. The summed E-state index contributed by atoms with van der Waals surface area (Å²) in [7, 11) is -1.33. The van der Waals surface area contributed by atoms with Gasteiger partial charge in [-0.2, -0.15) is 0 Å². The minimum Gasteiger partial charge on any atom is -0.344 e. The van der Waals surface area contributed by atoms with Crippen LogP contribution in [0.15, 0.2) is 0 Å². The Labute approximate surface area is 66.7 Å². The van der Waals surface area contributed by atoms with E-state index in [0.717, 1.165) is 0 Å². The highest BCUT2D eigenvalue weighted by molar-refractivity contribution is 7.57. The van der Waals surface area contributed by atoms with E-state index < -0.39 is 7.37 Å². The van der Waals surface area contributed by atoms with E-state index in [1.165, 1.54) is 6.66 Å². The van der Waals surface area contributed by atoms with Crippen LogP contribution in [-0.2, 0) is 4.57 Å². The van der Waals surface area contributed by atoms with Gasteiger partial charge in [0.2, 0.25) is 0 Å². The van der Waals surface area contributed by atoms with Crippen molar-refractivity contribution in [3.8, 4) is 6.07 Å². The third-order valence-electron chi connectivity index (χ3n) is 1.15. The van der Waals surface area contributed by atoms with E-state index in [1.807, 2.05) is 0 Å². The highest BCUT2D eigenvalue weighted by atomic mass is 31.2. The van der Waals surface area contributed by atoms with E-state index in [0.29, 0.717) is 6.42 Å². The van der Waals surface area contributed by atoms with Gasteiger partial charge in [0, 0.05) is 12.8 Å². The molecule has 0 saturated heterocycles. The maximum atomic E-state index is 10.8. The lowest BCUT2D eigenvalue weighted by Gasteiger charge is -2.03. The van der Waals surface area contributed by atoms with E-state index in [2.05, 4.69) is 10.9 Å². The SMILES string of the molecule is C[N+]#CC(N)CCP(C)(=O)O. The van der Waals surface area contributed by atoms with Crippen molar-refractivity contribution in [2.24, 2.45) is 5.73 Å². The molecule has 3 N–H and O–H groups in total. The zero-order chi connectivity index (χ0) is 8.91. The second-order valence-electron chi connectivity index (χ2n) is 2.52. The van der Waals surface area contributed by atoms with Crippen LogP contribution in [0.5, 0.6) is 0 Å². The van der Waals surface area contributed by atoms with E-state index in [-0.39, 0.29) is 12.2 Å². The van der Waals surface area contributed by atoms with Crippen LogP contribution in [0.2, 0.25) is 0 Å². The summed E-state index contributed by atoms with van der Waals surface area (Å²) in [5.41, 5.74) is 5.45. The fourth-order valence-corrected chi connectivity index (χ4v) is 1.37. The van der Waals surface area contributed by atoms with Gasteiger partial charge in [-0.25, -0.2) is 0 Å². The Balaban J connectivity index is 3.69. The second-order valence-corrected chi connectivity index (χ2v) is 5.07. The Morgan fingerprint density at radius 2 is 2.36 bits per heavy atom. The van der Waals surface area contributed by atoms with Crippen molar-refractivity contribution in [3.05, 3.63) is 4.85 Å². The molecule has 0 aromatic rings. The summed E-state index contributed by atoms with van der Waals surface area (Å²) in [6, 6.07) is 2.27. The first-order valence-corrected chi connectivity index (χ1v) is 5.64. The molecule has 2 unspecified atom stereocenters. The average Bonchev–Trinajstić information content (AvgIpc) is 1.83. The Morgan fingerprint density at radius 3 is 2.73 bits per heavy atom. The first kappa shape index (κ1) is 10.6. The molecule has 0 aliphatic rings. The zero-order valence-electron chi connectivity index (χ0n) is 6.82. The van der Waals surface area contributed by atoms with Crippen molar-refractivity contribution in [1.29, 1.82) is 0 Å². The van der Waals surface area contributed by atoms with Gasteiger partial charge in [0.1, 0.15) is 6.04 Å². The lowest BCUT2D eigenvalue weighted by Crippen LogP contribution is -2.18. The van der Waals surface area contributed by atoms with E-state index in [4.69, 9.17) is 10.6 Å². The molecule has 0 aliphatic carbocycles. The minimum absolute atomic E-state index is 0.233. The molecule has 0 amide bonds. The molecule has 64 valence electrons. The number of hydrogen-bond acceptors (Lipinski definition) is 2. The molecule has 0 aromatic heterocycles. The number of rotatable bonds is 3. The summed E-state index contributed by atoms with van der Waals surface area (Å²) in [5.74, 6) is 0. The predicted molar refractivity (Wildman–Crippen MR) is 46.4 cm³/mol. The molecule has 11 heavy (non-hydrogen) atoms. The second kappa shape index (κ2) is 4.50. The topological polar surface area (TPSA) is 67.7 Å². The van der Waals surface area contributed by atoms with Gasteiger partial charge in [0.25, 0.3) is 13.1 Å². The molecule has 0 saturated carbocycles. The van der Waals surface area contributed by atoms with Gasteiger partial charge in [-0.3, -0.25) is 4.57 Å². The molecule has 0 rings (SSSR count). The lowest BCUT2D eigenvalue weighted by molar-refractivity contribution is 0.482. The van der Waals surface area contributed by atoms with Gasteiger partial charge in [0.05, 0.1) is 0 Å². The van der Waals surface area contributed by atoms with E-state index in [9.17, 15) is 4.57 Å². The van der Waals surface area contributed by atoms with Gasteiger partial charge in [-0.15, -0.1) is 0 Å². The third kappa shape index (κ3) is 7.54. The molecule has 0 bridgehead atoms. The third-order valence-corrected chi connectivity index (χ3v) is 2.24. The molecule has 0 heterocycles. The largest absolute Gasteiger partial charge is 0.344 e. The van der Waals surface area contributed by atoms with Gasteiger partial charge < -0.3 is 10.6 Å². The van der Waals surface area contributed by atoms with Crippen molar-refractivity contribution in [1.82, 2.24) is 0 Å². The average molecular weight is 177 g/mol. The molecule has 0 fully saturated rings. The predicted octanol–water partition coefficient (Wildman–Crippen LogP) is 0.567. The van der Waals surface area contributed by atoms with Crippen LogP contribution < -0.4 is 5.73 Å². The van der Waals surface area contributed by atoms with Crippen LogP contribution >= 0.6 is 7.37 Å². The lowest BCUT2D eigenvalue weighted by atomic mass is 10.3. The van der Waals surface area contributed by atoms with Gasteiger partial charge in [-0.1, -0.05) is 4.85 Å². The standard InChI is InChI=1S/C6H13N2O2P/c1-8-5-6(7)3-4-11(2,9)10/h6H,3-4,7H2,1-2H3/p+1. The fourth-order valence-electron chi connectivity index (χ4n) is 0.609. The van der Waals surface area contributed by atoms with Crippen LogP contribution in [0.3, 0.4) is 0 Å². The highest BCUT2D eigenvalue weighted by Crippen LogP contribution is 2.35. The summed E-state index contributed by atoms with van der Waals surface area (Å²) >= 11 is 0. The molecule has 2 atom stereocenters. The number of nitrogens with zero attached hydrogens (tertiary/aromatic N) is 1.